The fourth-order valence-electron chi connectivity index (χ4n) is 1.55. The number of amides is 1. The lowest BCUT2D eigenvalue weighted by Gasteiger charge is -2.29. The van der Waals surface area contributed by atoms with Crippen LogP contribution in [0.25, 0.3) is 0 Å². The molecule has 0 aliphatic rings. The van der Waals surface area contributed by atoms with Gasteiger partial charge < -0.3 is 16.0 Å². The highest BCUT2D eigenvalue weighted by Crippen LogP contribution is 2.18. The van der Waals surface area contributed by atoms with Gasteiger partial charge in [0.1, 0.15) is 0 Å². The Kier molecular flexibility index (Phi) is 5.93. The van der Waals surface area contributed by atoms with Gasteiger partial charge in [-0.05, 0) is 36.6 Å². The van der Waals surface area contributed by atoms with Crippen molar-refractivity contribution in [3.8, 4) is 6.19 Å². The predicted molar refractivity (Wildman–Crippen MR) is 88.6 cm³/mol. The number of carbonyl (C=O) groups is 1. The Morgan fingerprint density at radius 3 is 2.32 bits per heavy atom. The van der Waals surface area contributed by atoms with Gasteiger partial charge in [-0.25, -0.2) is 0 Å². The van der Waals surface area contributed by atoms with Crippen LogP contribution in [0.5, 0.6) is 0 Å². The van der Waals surface area contributed by atoms with Gasteiger partial charge in [0.2, 0.25) is 12.2 Å². The van der Waals surface area contributed by atoms with Crippen molar-refractivity contribution in [1.82, 2.24) is 10.6 Å². The van der Waals surface area contributed by atoms with E-state index in [1.165, 1.54) is 0 Å². The zero-order valence-corrected chi connectivity index (χ0v) is 13.7. The van der Waals surface area contributed by atoms with Crippen molar-refractivity contribution in [3.63, 3.8) is 0 Å². The van der Waals surface area contributed by atoms with Gasteiger partial charge in [0.05, 0.1) is 0 Å². The van der Waals surface area contributed by atoms with Crippen LogP contribution in [0.1, 0.15) is 38.1 Å². The molecule has 0 radical (unpaired) electrons. The molecular weight excluding hydrogens is 278 g/mol. The standard InChI is InChI=1S/C16H23N5O/c1-11(16(2,3)4)20-15(19-10-17)21-13-8-6-12(7-9-13)14(22)18-5/h6-9,11H,1-5H3,(H,18,22)(H2,19,20,21). The average molecular weight is 301 g/mol. The second kappa shape index (κ2) is 7.46. The van der Waals surface area contributed by atoms with E-state index < -0.39 is 0 Å². The lowest BCUT2D eigenvalue weighted by Crippen LogP contribution is -2.44. The summed E-state index contributed by atoms with van der Waals surface area (Å²) in [7, 11) is 1.59. The summed E-state index contributed by atoms with van der Waals surface area (Å²) in [6.45, 7) is 8.34. The van der Waals surface area contributed by atoms with E-state index in [4.69, 9.17) is 5.26 Å². The Morgan fingerprint density at radius 1 is 1.27 bits per heavy atom. The molecule has 0 aromatic heterocycles. The van der Waals surface area contributed by atoms with Gasteiger partial charge in [-0.2, -0.15) is 5.26 Å². The molecule has 0 bridgehead atoms. The molecule has 0 saturated heterocycles. The Labute approximate surface area is 131 Å². The molecule has 1 aromatic carbocycles. The summed E-state index contributed by atoms with van der Waals surface area (Å²) in [5, 5.41) is 17.6. The molecule has 0 heterocycles. The monoisotopic (exact) mass is 301 g/mol. The Balaban J connectivity index is 2.82. The zero-order chi connectivity index (χ0) is 16.8. The maximum atomic E-state index is 11.5. The summed E-state index contributed by atoms with van der Waals surface area (Å²) in [6.07, 6.45) is 1.78. The highest BCUT2D eigenvalue weighted by Gasteiger charge is 2.21. The van der Waals surface area contributed by atoms with Gasteiger partial charge in [-0.3, -0.25) is 4.79 Å². The number of nitrogens with one attached hydrogen (secondary N) is 3. The maximum absolute atomic E-state index is 11.5. The summed E-state index contributed by atoms with van der Waals surface area (Å²) < 4.78 is 0. The van der Waals surface area contributed by atoms with Crippen LogP contribution in [0.4, 0.5) is 5.69 Å². The number of benzene rings is 1. The number of hydrogen-bond acceptors (Lipinski definition) is 3. The highest BCUT2D eigenvalue weighted by atomic mass is 16.1. The van der Waals surface area contributed by atoms with E-state index in [-0.39, 0.29) is 17.4 Å². The molecule has 0 fully saturated rings. The van der Waals surface area contributed by atoms with E-state index in [2.05, 4.69) is 41.7 Å². The molecule has 0 spiro atoms. The fraction of sp³-hybridized carbons (Fsp3) is 0.438. The Bertz CT molecular complexity index is 578. The Morgan fingerprint density at radius 2 is 1.86 bits per heavy atom. The summed E-state index contributed by atoms with van der Waals surface area (Å²) >= 11 is 0. The number of hydrogen-bond donors (Lipinski definition) is 3. The van der Waals surface area contributed by atoms with Gasteiger partial charge >= 0.3 is 0 Å². The number of anilines is 1. The molecular formula is C16H23N5O. The molecule has 22 heavy (non-hydrogen) atoms. The van der Waals surface area contributed by atoms with Crippen LogP contribution >= 0.6 is 0 Å². The van der Waals surface area contributed by atoms with Crippen LogP contribution < -0.4 is 16.0 Å². The lowest BCUT2D eigenvalue weighted by molar-refractivity contribution is 0.0963. The van der Waals surface area contributed by atoms with E-state index in [1.807, 2.05) is 6.92 Å². The van der Waals surface area contributed by atoms with Gasteiger partial charge in [0.25, 0.3) is 5.91 Å². The van der Waals surface area contributed by atoms with Crippen LogP contribution in [0.2, 0.25) is 0 Å². The summed E-state index contributed by atoms with van der Waals surface area (Å²) in [4.78, 5) is 15.3. The topological polar surface area (TPSA) is 89.3 Å². The summed E-state index contributed by atoms with van der Waals surface area (Å²) in [5.74, 6) is 0.245. The first kappa shape index (κ1) is 17.5. The molecule has 3 N–H and O–H groups in total. The van der Waals surface area contributed by atoms with Gasteiger partial charge in [-0.15, -0.1) is 4.99 Å². The molecule has 1 aromatic rings. The van der Waals surface area contributed by atoms with Crippen LogP contribution in [0.3, 0.4) is 0 Å². The maximum Gasteiger partial charge on any atom is 0.251 e. The molecule has 0 saturated carbocycles. The van der Waals surface area contributed by atoms with Crippen molar-refractivity contribution >= 4 is 17.6 Å². The third-order valence-corrected chi connectivity index (χ3v) is 3.45. The average Bonchev–Trinajstić information content (AvgIpc) is 2.46. The summed E-state index contributed by atoms with van der Waals surface area (Å²) in [6, 6.07) is 7.07. The minimum atomic E-state index is -0.142. The molecule has 1 rings (SSSR count). The predicted octanol–water partition coefficient (Wildman–Crippen LogP) is 2.32. The largest absolute Gasteiger partial charge is 0.355 e. The van der Waals surface area contributed by atoms with Crippen molar-refractivity contribution < 1.29 is 4.79 Å². The zero-order valence-electron chi connectivity index (χ0n) is 13.7. The number of aliphatic imine (C=N–C) groups is 1. The van der Waals surface area contributed by atoms with Crippen LogP contribution in [0.15, 0.2) is 29.3 Å². The number of guanidine groups is 1. The van der Waals surface area contributed by atoms with Crippen molar-refractivity contribution in [2.45, 2.75) is 33.7 Å². The van der Waals surface area contributed by atoms with Crippen molar-refractivity contribution in [3.05, 3.63) is 29.8 Å². The normalized spacial score (nSPS) is 13.0. The molecule has 1 unspecified atom stereocenters. The van der Waals surface area contributed by atoms with Crippen LogP contribution in [0, 0.1) is 16.9 Å². The molecule has 6 nitrogen and oxygen atoms in total. The van der Waals surface area contributed by atoms with E-state index in [9.17, 15) is 4.79 Å². The molecule has 6 heteroatoms. The molecule has 1 amide bonds. The number of rotatable bonds is 3. The first-order valence-corrected chi connectivity index (χ1v) is 7.10. The van der Waals surface area contributed by atoms with Crippen molar-refractivity contribution in [1.29, 1.82) is 5.26 Å². The molecule has 0 aliphatic heterocycles. The smallest absolute Gasteiger partial charge is 0.251 e. The quantitative estimate of drug-likeness (QED) is 0.454. The fourth-order valence-corrected chi connectivity index (χ4v) is 1.55. The first-order valence-electron chi connectivity index (χ1n) is 7.10. The van der Waals surface area contributed by atoms with E-state index in [0.717, 1.165) is 5.69 Å². The number of carbonyl (C=O) groups excluding carboxylic acids is 1. The van der Waals surface area contributed by atoms with E-state index >= 15 is 0 Å². The minimum absolute atomic E-state index is 0.0287. The second-order valence-corrected chi connectivity index (χ2v) is 6.07. The van der Waals surface area contributed by atoms with Gasteiger partial charge in [0, 0.05) is 24.3 Å². The van der Waals surface area contributed by atoms with Crippen LogP contribution in [-0.4, -0.2) is 25.0 Å². The van der Waals surface area contributed by atoms with Gasteiger partial charge in [0.15, 0.2) is 0 Å². The second-order valence-electron chi connectivity index (χ2n) is 6.07. The first-order chi connectivity index (χ1) is 10.3. The SMILES string of the molecule is CNC(=O)c1ccc(N/C(=N/C#N)NC(C)C(C)(C)C)cc1. The van der Waals surface area contributed by atoms with Crippen molar-refractivity contribution in [2.75, 3.05) is 12.4 Å². The minimum Gasteiger partial charge on any atom is -0.355 e. The Hall–Kier alpha value is -2.55. The van der Waals surface area contributed by atoms with Gasteiger partial charge in [-0.1, -0.05) is 20.8 Å². The number of nitriles is 1. The third kappa shape index (κ3) is 5.09. The summed E-state index contributed by atoms with van der Waals surface area (Å²) in [5.41, 5.74) is 1.35. The van der Waals surface area contributed by atoms with Crippen molar-refractivity contribution in [2.24, 2.45) is 10.4 Å². The molecule has 0 aliphatic carbocycles. The van der Waals surface area contributed by atoms with E-state index in [1.54, 1.807) is 37.5 Å². The van der Waals surface area contributed by atoms with Crippen LogP contribution in [-0.2, 0) is 0 Å². The van der Waals surface area contributed by atoms with E-state index in [0.29, 0.717) is 11.5 Å². The molecule has 118 valence electrons. The third-order valence-electron chi connectivity index (χ3n) is 3.45. The highest BCUT2D eigenvalue weighted by molar-refractivity contribution is 5.96. The number of nitrogens with zero attached hydrogens (tertiary/aromatic N) is 2. The lowest BCUT2D eigenvalue weighted by atomic mass is 9.88. The molecule has 1 atom stereocenters.